The lowest BCUT2D eigenvalue weighted by Gasteiger charge is -2.24. The number of hydrogen-bond acceptors (Lipinski definition) is 4. The highest BCUT2D eigenvalue weighted by Crippen LogP contribution is 2.34. The Bertz CT molecular complexity index is 963. The van der Waals surface area contributed by atoms with E-state index in [0.29, 0.717) is 10.4 Å². The minimum Gasteiger partial charge on any atom is -0.495 e. The molecule has 0 radical (unpaired) electrons. The molecule has 0 aromatic heterocycles. The zero-order chi connectivity index (χ0) is 20.4. The molecule has 0 saturated carbocycles. The third kappa shape index (κ3) is 4.64. The fourth-order valence-electron chi connectivity index (χ4n) is 2.21. The Morgan fingerprint density at radius 3 is 2.41 bits per heavy atom. The summed E-state index contributed by atoms with van der Waals surface area (Å²) in [6.07, 6.45) is -4.72. The van der Waals surface area contributed by atoms with Crippen LogP contribution in [-0.4, -0.2) is 33.1 Å². The maximum atomic E-state index is 12.9. The Kier molecular flexibility index (Phi) is 5.91. The van der Waals surface area contributed by atoms with E-state index < -0.39 is 44.9 Å². The van der Waals surface area contributed by atoms with E-state index in [0.717, 1.165) is 30.3 Å². The standard InChI is InChI=1S/C16H13ClF3NO5S/c1-26-14-6-5-12(8-13(14)17)27(24,25)21(9-15(22)23)11-4-2-3-10(7-11)16(18,19)20/h2-8H,9H2,1H3,(H,22,23). The van der Waals surface area contributed by atoms with Gasteiger partial charge in [-0.15, -0.1) is 0 Å². The number of anilines is 1. The first kappa shape index (κ1) is 20.8. The van der Waals surface area contributed by atoms with E-state index in [2.05, 4.69) is 0 Å². The molecule has 2 rings (SSSR count). The summed E-state index contributed by atoms with van der Waals surface area (Å²) in [6, 6.07) is 6.76. The highest BCUT2D eigenvalue weighted by atomic mass is 35.5. The summed E-state index contributed by atoms with van der Waals surface area (Å²) >= 11 is 5.90. The Hall–Kier alpha value is -2.46. The van der Waals surface area contributed by atoms with Crippen LogP contribution in [0.5, 0.6) is 5.75 Å². The zero-order valence-corrected chi connectivity index (χ0v) is 15.3. The van der Waals surface area contributed by atoms with Gasteiger partial charge in [-0.1, -0.05) is 17.7 Å². The average Bonchev–Trinajstić information content (AvgIpc) is 2.58. The second-order valence-corrected chi connectivity index (χ2v) is 7.52. The number of alkyl halides is 3. The number of carboxylic acids is 1. The Morgan fingerprint density at radius 2 is 1.89 bits per heavy atom. The number of methoxy groups -OCH3 is 1. The largest absolute Gasteiger partial charge is 0.495 e. The lowest BCUT2D eigenvalue weighted by atomic mass is 10.2. The summed E-state index contributed by atoms with van der Waals surface area (Å²) in [4.78, 5) is 10.7. The molecule has 146 valence electrons. The number of halogens is 4. The van der Waals surface area contributed by atoms with Crippen LogP contribution in [0, 0.1) is 0 Å². The van der Waals surface area contributed by atoms with Crippen molar-refractivity contribution in [2.75, 3.05) is 18.0 Å². The molecular weight excluding hydrogens is 411 g/mol. The SMILES string of the molecule is COc1ccc(S(=O)(=O)N(CC(=O)O)c2cccc(C(F)(F)F)c2)cc1Cl. The highest BCUT2D eigenvalue weighted by molar-refractivity contribution is 7.92. The van der Waals surface area contributed by atoms with Gasteiger partial charge >= 0.3 is 12.1 Å². The van der Waals surface area contributed by atoms with Gasteiger partial charge in [0.05, 0.1) is 28.3 Å². The van der Waals surface area contributed by atoms with Crippen LogP contribution >= 0.6 is 11.6 Å². The van der Waals surface area contributed by atoms with Gasteiger partial charge < -0.3 is 9.84 Å². The number of benzene rings is 2. The van der Waals surface area contributed by atoms with Crippen LogP contribution in [-0.2, 0) is 21.0 Å². The van der Waals surface area contributed by atoms with Crippen molar-refractivity contribution in [3.05, 3.63) is 53.1 Å². The fourth-order valence-corrected chi connectivity index (χ4v) is 3.97. The molecule has 0 fully saturated rings. The van der Waals surface area contributed by atoms with Crippen molar-refractivity contribution in [1.29, 1.82) is 0 Å². The van der Waals surface area contributed by atoms with Crippen LogP contribution in [0.25, 0.3) is 0 Å². The predicted octanol–water partition coefficient (Wildman–Crippen LogP) is 3.65. The number of ether oxygens (including phenoxy) is 1. The van der Waals surface area contributed by atoms with E-state index >= 15 is 0 Å². The van der Waals surface area contributed by atoms with E-state index in [1.54, 1.807) is 0 Å². The average molecular weight is 424 g/mol. The van der Waals surface area contributed by atoms with Crippen LogP contribution in [0.1, 0.15) is 5.56 Å². The molecule has 6 nitrogen and oxygen atoms in total. The van der Waals surface area contributed by atoms with Crippen LogP contribution in [0.15, 0.2) is 47.4 Å². The van der Waals surface area contributed by atoms with Crippen molar-refractivity contribution in [2.45, 2.75) is 11.1 Å². The molecule has 2 aromatic rings. The van der Waals surface area contributed by atoms with E-state index in [1.165, 1.54) is 13.2 Å². The third-order valence-electron chi connectivity index (χ3n) is 3.45. The van der Waals surface area contributed by atoms with Gasteiger partial charge in [0.25, 0.3) is 10.0 Å². The molecule has 0 spiro atoms. The van der Waals surface area contributed by atoms with Gasteiger partial charge in [-0.25, -0.2) is 8.42 Å². The Morgan fingerprint density at radius 1 is 1.22 bits per heavy atom. The smallest absolute Gasteiger partial charge is 0.416 e. The van der Waals surface area contributed by atoms with Crippen molar-refractivity contribution in [2.24, 2.45) is 0 Å². The minimum absolute atomic E-state index is 0.0575. The maximum absolute atomic E-state index is 12.9. The van der Waals surface area contributed by atoms with Crippen LogP contribution in [0.2, 0.25) is 5.02 Å². The molecule has 0 atom stereocenters. The predicted molar refractivity (Wildman–Crippen MR) is 91.6 cm³/mol. The van der Waals surface area contributed by atoms with Gasteiger partial charge in [0, 0.05) is 0 Å². The quantitative estimate of drug-likeness (QED) is 0.766. The molecule has 0 aliphatic carbocycles. The number of nitrogens with zero attached hydrogens (tertiary/aromatic N) is 1. The van der Waals surface area contributed by atoms with Crippen LogP contribution in [0.3, 0.4) is 0 Å². The summed E-state index contributed by atoms with van der Waals surface area (Å²) in [5.74, 6) is -1.37. The molecule has 0 unspecified atom stereocenters. The molecule has 0 aliphatic rings. The first-order valence-electron chi connectivity index (χ1n) is 7.22. The molecular formula is C16H13ClF3NO5S. The molecule has 0 amide bonds. The lowest BCUT2D eigenvalue weighted by Crippen LogP contribution is -2.36. The summed E-state index contributed by atoms with van der Waals surface area (Å²) in [7, 11) is -3.20. The van der Waals surface area contributed by atoms with Crippen molar-refractivity contribution in [3.8, 4) is 5.75 Å². The van der Waals surface area contributed by atoms with E-state index in [9.17, 15) is 26.4 Å². The van der Waals surface area contributed by atoms with E-state index in [4.69, 9.17) is 21.4 Å². The van der Waals surface area contributed by atoms with E-state index in [1.807, 2.05) is 0 Å². The Labute approximate surface area is 157 Å². The van der Waals surface area contributed by atoms with Crippen LogP contribution in [0.4, 0.5) is 18.9 Å². The van der Waals surface area contributed by atoms with Crippen molar-refractivity contribution in [3.63, 3.8) is 0 Å². The van der Waals surface area contributed by atoms with Gasteiger partial charge in [-0.2, -0.15) is 13.2 Å². The number of sulfonamides is 1. The summed E-state index contributed by atoms with van der Waals surface area (Å²) in [6.45, 7) is -1.08. The van der Waals surface area contributed by atoms with Gasteiger partial charge in [-0.05, 0) is 36.4 Å². The van der Waals surface area contributed by atoms with Gasteiger partial charge in [0.1, 0.15) is 12.3 Å². The topological polar surface area (TPSA) is 83.9 Å². The molecule has 0 heterocycles. The number of rotatable bonds is 6. The second kappa shape index (κ2) is 7.65. The lowest BCUT2D eigenvalue weighted by molar-refractivity contribution is -0.137. The highest BCUT2D eigenvalue weighted by Gasteiger charge is 2.33. The Balaban J connectivity index is 2.59. The maximum Gasteiger partial charge on any atom is 0.416 e. The van der Waals surface area contributed by atoms with Crippen molar-refractivity contribution in [1.82, 2.24) is 0 Å². The minimum atomic E-state index is -4.72. The van der Waals surface area contributed by atoms with E-state index in [-0.39, 0.29) is 10.8 Å². The second-order valence-electron chi connectivity index (χ2n) is 5.25. The number of carbonyl (C=O) groups is 1. The molecule has 27 heavy (non-hydrogen) atoms. The number of carboxylic acid groups (broad SMARTS) is 1. The first-order valence-corrected chi connectivity index (χ1v) is 9.04. The monoisotopic (exact) mass is 423 g/mol. The molecule has 11 heteroatoms. The molecule has 1 N–H and O–H groups in total. The molecule has 0 aliphatic heterocycles. The van der Waals surface area contributed by atoms with Crippen molar-refractivity contribution >= 4 is 33.3 Å². The van der Waals surface area contributed by atoms with Gasteiger partial charge in [0.2, 0.25) is 0 Å². The van der Waals surface area contributed by atoms with Crippen molar-refractivity contribution < 1.29 is 36.2 Å². The summed E-state index contributed by atoms with van der Waals surface area (Å²) < 4.78 is 69.8. The normalized spacial score (nSPS) is 11.9. The molecule has 0 saturated heterocycles. The summed E-state index contributed by atoms with van der Waals surface area (Å²) in [5, 5.41) is 8.99. The summed E-state index contributed by atoms with van der Waals surface area (Å²) in [5.41, 5.74) is -1.56. The first-order chi connectivity index (χ1) is 12.5. The number of hydrogen-bond donors (Lipinski definition) is 1. The van der Waals surface area contributed by atoms with Crippen LogP contribution < -0.4 is 9.04 Å². The fraction of sp³-hybridized carbons (Fsp3) is 0.188. The zero-order valence-electron chi connectivity index (χ0n) is 13.7. The van der Waals surface area contributed by atoms with Gasteiger partial charge in [0.15, 0.2) is 0 Å². The van der Waals surface area contributed by atoms with Gasteiger partial charge in [-0.3, -0.25) is 9.10 Å². The number of aliphatic carboxylic acids is 1. The molecule has 2 aromatic carbocycles. The third-order valence-corrected chi connectivity index (χ3v) is 5.52. The molecule has 0 bridgehead atoms.